The van der Waals surface area contributed by atoms with Crippen molar-refractivity contribution in [3.63, 3.8) is 0 Å². The van der Waals surface area contributed by atoms with Crippen molar-refractivity contribution in [2.45, 2.75) is 45.4 Å². The summed E-state index contributed by atoms with van der Waals surface area (Å²) in [4.78, 5) is 23.6. The Kier molecular flexibility index (Phi) is 9.89. The van der Waals surface area contributed by atoms with Crippen LogP contribution in [0.5, 0.6) is 5.75 Å². The molecule has 1 N–H and O–H groups in total. The van der Waals surface area contributed by atoms with Crippen LogP contribution >= 0.6 is 11.8 Å². The second kappa shape index (κ2) is 14.0. The standard InChI is InChI=1S/C32H33F3N6O2S/c1-3-23-7-4-5-8-28(23)40-19-6-20-44-31(40)38-30(42)36-18-17-22(2)24-9-11-25(12-10-24)29-37-21-41(39-29)26-13-15-27(16-14-26)43-32(33,34)35/h4-5,7-16,21-22H,3,6,17-20H2,1-2H3,(H,36,42)/b38-31-. The monoisotopic (exact) mass is 622 g/mol. The molecular formula is C32H33F3N6O2S. The predicted molar refractivity (Wildman–Crippen MR) is 168 cm³/mol. The molecule has 3 aromatic carbocycles. The molecular weight excluding hydrogens is 589 g/mol. The molecule has 2 heterocycles. The highest BCUT2D eigenvalue weighted by atomic mass is 32.2. The Morgan fingerprint density at radius 1 is 1.09 bits per heavy atom. The Balaban J connectivity index is 1.14. The van der Waals surface area contributed by atoms with Gasteiger partial charge in [0.1, 0.15) is 12.1 Å². The van der Waals surface area contributed by atoms with E-state index in [-0.39, 0.29) is 17.7 Å². The van der Waals surface area contributed by atoms with Crippen LogP contribution in [0.3, 0.4) is 0 Å². The summed E-state index contributed by atoms with van der Waals surface area (Å²) in [6.07, 6.45) is -0.545. The molecule has 0 bridgehead atoms. The highest BCUT2D eigenvalue weighted by Crippen LogP contribution is 2.29. The van der Waals surface area contributed by atoms with Crippen LogP contribution in [0.2, 0.25) is 0 Å². The van der Waals surface area contributed by atoms with Crippen molar-refractivity contribution in [2.24, 2.45) is 4.99 Å². The first-order valence-corrected chi connectivity index (χ1v) is 15.4. The third kappa shape index (κ3) is 7.98. The second-order valence-electron chi connectivity index (χ2n) is 10.3. The Bertz CT molecular complexity index is 1590. The number of halogens is 3. The number of aromatic nitrogens is 3. The molecule has 1 aromatic heterocycles. The summed E-state index contributed by atoms with van der Waals surface area (Å²) in [6, 6.07) is 21.2. The molecule has 1 atom stereocenters. The van der Waals surface area contributed by atoms with Crippen molar-refractivity contribution in [1.29, 1.82) is 0 Å². The summed E-state index contributed by atoms with van der Waals surface area (Å²) in [6.45, 7) is 5.57. The van der Waals surface area contributed by atoms with Gasteiger partial charge < -0.3 is 15.0 Å². The van der Waals surface area contributed by atoms with Gasteiger partial charge in [0, 0.05) is 30.1 Å². The summed E-state index contributed by atoms with van der Waals surface area (Å²) in [5, 5.41) is 8.14. The average molecular weight is 623 g/mol. The topological polar surface area (TPSA) is 84.6 Å². The van der Waals surface area contributed by atoms with E-state index in [1.165, 1.54) is 40.8 Å². The number of nitrogens with one attached hydrogen (secondary N) is 1. The maximum atomic E-state index is 12.7. The molecule has 1 aliphatic rings. The number of amidine groups is 1. The number of aryl methyl sites for hydroxylation is 1. The molecule has 1 aliphatic heterocycles. The van der Waals surface area contributed by atoms with E-state index in [4.69, 9.17) is 0 Å². The van der Waals surface area contributed by atoms with Gasteiger partial charge in [-0.3, -0.25) is 0 Å². The third-order valence-corrected chi connectivity index (χ3v) is 8.33. The summed E-state index contributed by atoms with van der Waals surface area (Å²) in [5.74, 6) is 1.31. The quantitative estimate of drug-likeness (QED) is 0.207. The molecule has 12 heteroatoms. The number of hydrogen-bond acceptors (Lipinski definition) is 5. The van der Waals surface area contributed by atoms with Gasteiger partial charge in [-0.2, -0.15) is 4.99 Å². The predicted octanol–water partition coefficient (Wildman–Crippen LogP) is 7.60. The van der Waals surface area contributed by atoms with Gasteiger partial charge in [0.2, 0.25) is 0 Å². The maximum Gasteiger partial charge on any atom is 0.573 e. The minimum atomic E-state index is -4.74. The Morgan fingerprint density at radius 2 is 1.84 bits per heavy atom. The summed E-state index contributed by atoms with van der Waals surface area (Å²) in [7, 11) is 0. The van der Waals surface area contributed by atoms with Crippen LogP contribution in [0.4, 0.5) is 23.7 Å². The lowest BCUT2D eigenvalue weighted by atomic mass is 9.96. The number of hydrogen-bond donors (Lipinski definition) is 1. The minimum Gasteiger partial charge on any atom is -0.406 e. The summed E-state index contributed by atoms with van der Waals surface area (Å²) in [5.41, 5.74) is 4.82. The molecule has 1 fully saturated rings. The van der Waals surface area contributed by atoms with E-state index < -0.39 is 6.36 Å². The van der Waals surface area contributed by atoms with Gasteiger partial charge in [-0.15, -0.1) is 18.3 Å². The minimum absolute atomic E-state index is 0.192. The lowest BCUT2D eigenvalue weighted by Crippen LogP contribution is -2.36. The number of alkyl halides is 3. The van der Waals surface area contributed by atoms with Crippen LogP contribution in [-0.2, 0) is 6.42 Å². The number of rotatable bonds is 9. The van der Waals surface area contributed by atoms with Crippen molar-refractivity contribution in [1.82, 2.24) is 20.1 Å². The van der Waals surface area contributed by atoms with Gasteiger partial charge in [0.15, 0.2) is 11.0 Å². The van der Waals surface area contributed by atoms with Crippen molar-refractivity contribution in [3.8, 4) is 22.8 Å². The molecule has 2 amide bonds. The van der Waals surface area contributed by atoms with Crippen molar-refractivity contribution < 1.29 is 22.7 Å². The number of para-hydroxylation sites is 1. The van der Waals surface area contributed by atoms with E-state index in [2.05, 4.69) is 56.0 Å². The van der Waals surface area contributed by atoms with Gasteiger partial charge >= 0.3 is 12.4 Å². The number of thioether (sulfide) groups is 1. The number of benzene rings is 3. The molecule has 8 nitrogen and oxygen atoms in total. The van der Waals surface area contributed by atoms with Crippen LogP contribution in [0.1, 0.15) is 43.7 Å². The van der Waals surface area contributed by atoms with E-state index in [1.54, 1.807) is 11.8 Å². The normalized spacial score (nSPS) is 15.3. The van der Waals surface area contributed by atoms with Gasteiger partial charge in [0.05, 0.1) is 5.69 Å². The zero-order valence-electron chi connectivity index (χ0n) is 24.4. The van der Waals surface area contributed by atoms with Crippen LogP contribution in [0.25, 0.3) is 17.1 Å². The number of carbonyl (C=O) groups excluding carboxylic acids is 1. The van der Waals surface area contributed by atoms with E-state index in [0.717, 1.165) is 53.5 Å². The molecule has 4 aromatic rings. The first-order chi connectivity index (χ1) is 21.2. The molecule has 44 heavy (non-hydrogen) atoms. The smallest absolute Gasteiger partial charge is 0.406 e. The number of nitrogens with zero attached hydrogens (tertiary/aromatic N) is 5. The molecule has 0 saturated carbocycles. The largest absolute Gasteiger partial charge is 0.573 e. The first kappa shape index (κ1) is 31.1. The summed E-state index contributed by atoms with van der Waals surface area (Å²) < 4.78 is 42.6. The molecule has 230 valence electrons. The van der Waals surface area contributed by atoms with Crippen LogP contribution < -0.4 is 15.0 Å². The van der Waals surface area contributed by atoms with Gasteiger partial charge in [-0.05, 0) is 66.6 Å². The fourth-order valence-corrected chi connectivity index (χ4v) is 5.87. The molecule has 0 spiro atoms. The highest BCUT2D eigenvalue weighted by molar-refractivity contribution is 8.14. The lowest BCUT2D eigenvalue weighted by Gasteiger charge is -2.31. The molecule has 1 unspecified atom stereocenters. The SMILES string of the molecule is CCc1ccccc1N1CCCS/C1=N\C(=O)NCCC(C)c1ccc(-c2ncn(-c3ccc(OC(F)(F)F)cc3)n2)cc1. The van der Waals surface area contributed by atoms with Gasteiger partial charge in [0.25, 0.3) is 0 Å². The van der Waals surface area contributed by atoms with E-state index >= 15 is 0 Å². The number of amides is 2. The number of ether oxygens (including phenoxy) is 1. The van der Waals surface area contributed by atoms with Crippen LogP contribution in [-0.4, -0.2) is 51.2 Å². The van der Waals surface area contributed by atoms with Crippen molar-refractivity contribution in [3.05, 3.63) is 90.3 Å². The Morgan fingerprint density at radius 3 is 2.57 bits per heavy atom. The Labute approximate surface area is 258 Å². The number of anilines is 1. The van der Waals surface area contributed by atoms with Crippen LogP contribution in [0, 0.1) is 0 Å². The van der Waals surface area contributed by atoms with Crippen LogP contribution in [0.15, 0.2) is 84.1 Å². The molecule has 5 rings (SSSR count). The second-order valence-corrected chi connectivity index (χ2v) is 11.4. The van der Waals surface area contributed by atoms with Gasteiger partial charge in [-0.1, -0.05) is 68.1 Å². The lowest BCUT2D eigenvalue weighted by molar-refractivity contribution is -0.274. The number of urea groups is 1. The number of aliphatic imine (C=N–C) groups is 1. The van der Waals surface area contributed by atoms with Crippen molar-refractivity contribution in [2.75, 3.05) is 23.7 Å². The van der Waals surface area contributed by atoms with Crippen molar-refractivity contribution >= 4 is 28.6 Å². The average Bonchev–Trinajstić information content (AvgIpc) is 3.51. The molecule has 0 aliphatic carbocycles. The molecule has 0 radical (unpaired) electrons. The van der Waals surface area contributed by atoms with Gasteiger partial charge in [-0.25, -0.2) is 14.5 Å². The van der Waals surface area contributed by atoms with E-state index in [1.807, 2.05) is 36.4 Å². The van der Waals surface area contributed by atoms with E-state index in [0.29, 0.717) is 18.1 Å². The third-order valence-electron chi connectivity index (χ3n) is 7.27. The first-order valence-electron chi connectivity index (χ1n) is 14.4. The summed E-state index contributed by atoms with van der Waals surface area (Å²) >= 11 is 1.61. The number of carbonyl (C=O) groups is 1. The van der Waals surface area contributed by atoms with E-state index in [9.17, 15) is 18.0 Å². The fraction of sp³-hybridized carbons (Fsp3) is 0.312. The zero-order valence-corrected chi connectivity index (χ0v) is 25.2. The fourth-order valence-electron chi connectivity index (χ4n) is 4.92. The maximum absolute atomic E-state index is 12.7. The highest BCUT2D eigenvalue weighted by Gasteiger charge is 2.31. The zero-order chi connectivity index (χ0) is 31.1. The Hall–Kier alpha value is -4.32. The molecule has 1 saturated heterocycles.